The van der Waals surface area contributed by atoms with Crippen LogP contribution in [0.25, 0.3) is 0 Å². The van der Waals surface area contributed by atoms with E-state index in [4.69, 9.17) is 9.47 Å². The first-order valence-corrected chi connectivity index (χ1v) is 9.48. The Labute approximate surface area is 165 Å². The van der Waals surface area contributed by atoms with Gasteiger partial charge in [0.05, 0.1) is 12.8 Å². The number of rotatable bonds is 8. The molecule has 0 amide bonds. The summed E-state index contributed by atoms with van der Waals surface area (Å²) in [6.45, 7) is -0.428. The Kier molecular flexibility index (Phi) is 6.95. The molecule has 1 fully saturated rings. The van der Waals surface area contributed by atoms with Crippen LogP contribution in [0.15, 0.2) is 46.1 Å². The topological polar surface area (TPSA) is 111 Å². The summed E-state index contributed by atoms with van der Waals surface area (Å²) in [5.41, 5.74) is -0.765. The van der Waals surface area contributed by atoms with Crippen molar-refractivity contribution in [3.05, 3.63) is 68.7 Å². The molecule has 0 aliphatic carbocycles. The van der Waals surface area contributed by atoms with Crippen molar-refractivity contribution in [2.45, 2.75) is 50.5 Å². The zero-order valence-corrected chi connectivity index (χ0v) is 15.8. The molecule has 0 unspecified atom stereocenters. The number of aromatic amines is 1. The first kappa shape index (κ1) is 20.9. The van der Waals surface area contributed by atoms with Crippen LogP contribution in [0.4, 0.5) is 4.39 Å². The number of hydrogen-bond donors (Lipinski definition) is 2. The molecular formula is C20H23FN2O6. The van der Waals surface area contributed by atoms with Crippen LogP contribution in [-0.2, 0) is 20.7 Å². The van der Waals surface area contributed by atoms with E-state index in [1.165, 1.54) is 5.56 Å². The zero-order valence-electron chi connectivity index (χ0n) is 15.8. The Morgan fingerprint density at radius 2 is 2.03 bits per heavy atom. The van der Waals surface area contributed by atoms with Gasteiger partial charge >= 0.3 is 11.7 Å². The number of halogens is 1. The number of carbonyl (C=O) groups excluding carboxylic acids is 1. The van der Waals surface area contributed by atoms with E-state index >= 15 is 0 Å². The largest absolute Gasteiger partial charge is 0.459 e. The number of ether oxygens (including phenoxy) is 2. The molecular weight excluding hydrogens is 383 g/mol. The fraction of sp³-hybridized carbons (Fsp3) is 0.450. The SMILES string of the molecule is O=C(CCCCc1ccccc1)O[C@H]1C[C@H](n2cc(F)c(=O)[nH]c2=O)O[C@@H]1CO. The van der Waals surface area contributed by atoms with Crippen LogP contribution in [0, 0.1) is 5.82 Å². The van der Waals surface area contributed by atoms with Crippen molar-refractivity contribution < 1.29 is 23.8 Å². The van der Waals surface area contributed by atoms with Crippen molar-refractivity contribution in [1.82, 2.24) is 9.55 Å². The summed E-state index contributed by atoms with van der Waals surface area (Å²) in [6.07, 6.45) is 0.811. The Hall–Kier alpha value is -2.78. The van der Waals surface area contributed by atoms with Gasteiger partial charge in [-0.15, -0.1) is 0 Å². The molecule has 1 aromatic carbocycles. The third kappa shape index (κ3) is 5.39. The first-order chi connectivity index (χ1) is 14.0. The number of carbonyl (C=O) groups is 1. The van der Waals surface area contributed by atoms with Crippen LogP contribution in [0.3, 0.4) is 0 Å². The monoisotopic (exact) mass is 406 g/mol. The van der Waals surface area contributed by atoms with Crippen molar-refractivity contribution >= 4 is 5.97 Å². The number of unbranched alkanes of at least 4 members (excludes halogenated alkanes) is 1. The molecule has 1 aromatic heterocycles. The number of hydrogen-bond acceptors (Lipinski definition) is 6. The smallest absolute Gasteiger partial charge is 0.330 e. The van der Waals surface area contributed by atoms with Crippen LogP contribution < -0.4 is 11.2 Å². The van der Waals surface area contributed by atoms with Crippen molar-refractivity contribution in [3.8, 4) is 0 Å². The average Bonchev–Trinajstić information content (AvgIpc) is 3.11. The maximum atomic E-state index is 13.5. The molecule has 3 atom stereocenters. The lowest BCUT2D eigenvalue weighted by molar-refractivity contribution is -0.153. The Morgan fingerprint density at radius 1 is 1.28 bits per heavy atom. The highest BCUT2D eigenvalue weighted by Gasteiger charge is 2.39. The van der Waals surface area contributed by atoms with Crippen molar-refractivity contribution in [3.63, 3.8) is 0 Å². The Balaban J connectivity index is 1.52. The first-order valence-electron chi connectivity index (χ1n) is 9.48. The van der Waals surface area contributed by atoms with Gasteiger partial charge < -0.3 is 14.6 Å². The zero-order chi connectivity index (χ0) is 20.8. The van der Waals surface area contributed by atoms with Crippen LogP contribution in [0.5, 0.6) is 0 Å². The maximum absolute atomic E-state index is 13.5. The van der Waals surface area contributed by atoms with Gasteiger partial charge in [0.25, 0.3) is 5.56 Å². The number of esters is 1. The molecule has 0 spiro atoms. The highest BCUT2D eigenvalue weighted by Crippen LogP contribution is 2.30. The molecule has 29 heavy (non-hydrogen) atoms. The summed E-state index contributed by atoms with van der Waals surface area (Å²) < 4.78 is 25.3. The van der Waals surface area contributed by atoms with E-state index in [2.05, 4.69) is 0 Å². The van der Waals surface area contributed by atoms with Gasteiger partial charge in [-0.1, -0.05) is 30.3 Å². The van der Waals surface area contributed by atoms with E-state index in [-0.39, 0.29) is 12.8 Å². The van der Waals surface area contributed by atoms with E-state index in [0.29, 0.717) is 6.42 Å². The van der Waals surface area contributed by atoms with Gasteiger partial charge in [0.1, 0.15) is 18.4 Å². The highest BCUT2D eigenvalue weighted by atomic mass is 19.1. The van der Waals surface area contributed by atoms with Crippen molar-refractivity contribution in [2.24, 2.45) is 0 Å². The summed E-state index contributed by atoms with van der Waals surface area (Å²) in [5.74, 6) is -1.56. The number of aliphatic hydroxyl groups excluding tert-OH is 1. The fourth-order valence-electron chi connectivity index (χ4n) is 3.30. The number of benzene rings is 1. The van der Waals surface area contributed by atoms with Crippen LogP contribution in [0.2, 0.25) is 0 Å². The van der Waals surface area contributed by atoms with Gasteiger partial charge in [-0.25, -0.2) is 4.79 Å². The number of aryl methyl sites for hydroxylation is 1. The lowest BCUT2D eigenvalue weighted by Crippen LogP contribution is -2.34. The average molecular weight is 406 g/mol. The van der Waals surface area contributed by atoms with E-state index in [1.807, 2.05) is 35.3 Å². The molecule has 2 N–H and O–H groups in total. The Morgan fingerprint density at radius 3 is 2.76 bits per heavy atom. The summed E-state index contributed by atoms with van der Waals surface area (Å²) in [7, 11) is 0. The molecule has 3 rings (SSSR count). The molecule has 1 saturated heterocycles. The predicted octanol–water partition coefficient (Wildman–Crippen LogP) is 1.28. The van der Waals surface area contributed by atoms with Crippen molar-refractivity contribution in [2.75, 3.05) is 6.61 Å². The lowest BCUT2D eigenvalue weighted by Gasteiger charge is -2.16. The van der Waals surface area contributed by atoms with Gasteiger partial charge in [0, 0.05) is 12.8 Å². The minimum absolute atomic E-state index is 0.0619. The predicted molar refractivity (Wildman–Crippen MR) is 101 cm³/mol. The van der Waals surface area contributed by atoms with Gasteiger partial charge in [0.2, 0.25) is 5.82 Å². The lowest BCUT2D eigenvalue weighted by atomic mass is 10.1. The number of aliphatic hydroxyl groups is 1. The quantitative estimate of drug-likeness (QED) is 0.505. The highest BCUT2D eigenvalue weighted by molar-refractivity contribution is 5.69. The van der Waals surface area contributed by atoms with Crippen LogP contribution in [0.1, 0.15) is 37.5 Å². The minimum atomic E-state index is -1.13. The number of aromatic nitrogens is 2. The summed E-state index contributed by atoms with van der Waals surface area (Å²) in [6, 6.07) is 9.94. The van der Waals surface area contributed by atoms with Gasteiger partial charge in [-0.3, -0.25) is 19.1 Å². The van der Waals surface area contributed by atoms with E-state index in [1.54, 1.807) is 0 Å². The van der Waals surface area contributed by atoms with E-state index in [9.17, 15) is 23.9 Å². The second-order valence-electron chi connectivity index (χ2n) is 6.91. The van der Waals surface area contributed by atoms with Crippen LogP contribution >= 0.6 is 0 Å². The number of nitrogens with one attached hydrogen (secondary N) is 1. The molecule has 2 aromatic rings. The maximum Gasteiger partial charge on any atom is 0.330 e. The fourth-order valence-corrected chi connectivity index (χ4v) is 3.30. The Bertz CT molecular complexity index is 942. The summed E-state index contributed by atoms with van der Waals surface area (Å²) in [4.78, 5) is 37.0. The van der Waals surface area contributed by atoms with Crippen molar-refractivity contribution in [1.29, 1.82) is 0 Å². The molecule has 1 aliphatic rings. The van der Waals surface area contributed by atoms with Crippen LogP contribution in [-0.4, -0.2) is 39.4 Å². The molecule has 9 heteroatoms. The third-order valence-electron chi connectivity index (χ3n) is 4.82. The molecule has 8 nitrogen and oxygen atoms in total. The summed E-state index contributed by atoms with van der Waals surface area (Å²) in [5, 5.41) is 9.49. The van der Waals surface area contributed by atoms with Gasteiger partial charge in [-0.05, 0) is 24.8 Å². The molecule has 1 aliphatic heterocycles. The molecule has 0 saturated carbocycles. The van der Waals surface area contributed by atoms with Gasteiger partial charge in [0.15, 0.2) is 0 Å². The normalized spacial score (nSPS) is 21.2. The number of nitrogens with zero attached hydrogens (tertiary/aromatic N) is 1. The molecule has 0 radical (unpaired) electrons. The molecule has 2 heterocycles. The standard InChI is InChI=1S/C20H23FN2O6/c21-14-11-23(20(27)22-19(14)26)17-10-15(16(12-24)28-17)29-18(25)9-5-4-8-13-6-2-1-3-7-13/h1-3,6-7,11,15-17,24H,4-5,8-10,12H2,(H,22,26,27)/t15-,16+,17+/m0/s1. The second kappa shape index (κ2) is 9.62. The minimum Gasteiger partial charge on any atom is -0.459 e. The molecule has 156 valence electrons. The van der Waals surface area contributed by atoms with Gasteiger partial charge in [-0.2, -0.15) is 4.39 Å². The van der Waals surface area contributed by atoms with E-state index in [0.717, 1.165) is 23.6 Å². The second-order valence-corrected chi connectivity index (χ2v) is 6.91. The summed E-state index contributed by atoms with van der Waals surface area (Å²) >= 11 is 0. The number of H-pyrrole nitrogens is 1. The van der Waals surface area contributed by atoms with E-state index < -0.39 is 48.1 Å². The third-order valence-corrected chi connectivity index (χ3v) is 4.82. The molecule has 0 bridgehead atoms.